The van der Waals surface area contributed by atoms with E-state index in [1.807, 2.05) is 6.92 Å². The standard InChI is InChI=1S/C16H17FN2O4S/c1-3-22-16-7-5-13(9-18-16)24(20,21)19-10-11(2)23-15-8-12(17)4-6-14(15)19/h4-9,11H,3,10H2,1-2H3/t11-/m0/s1. The topological polar surface area (TPSA) is 68.7 Å². The fourth-order valence-corrected chi connectivity index (χ4v) is 3.98. The largest absolute Gasteiger partial charge is 0.487 e. The Bertz CT molecular complexity index is 840. The number of benzene rings is 1. The summed E-state index contributed by atoms with van der Waals surface area (Å²) in [6, 6.07) is 6.74. The summed E-state index contributed by atoms with van der Waals surface area (Å²) < 4.78 is 51.3. The molecule has 0 aliphatic carbocycles. The van der Waals surface area contributed by atoms with Gasteiger partial charge in [0.2, 0.25) is 5.88 Å². The van der Waals surface area contributed by atoms with E-state index in [1.54, 1.807) is 6.92 Å². The van der Waals surface area contributed by atoms with Gasteiger partial charge in [-0.15, -0.1) is 0 Å². The highest BCUT2D eigenvalue weighted by atomic mass is 32.2. The number of rotatable bonds is 4. The zero-order valence-electron chi connectivity index (χ0n) is 13.3. The van der Waals surface area contributed by atoms with Crippen LogP contribution in [0.4, 0.5) is 10.1 Å². The van der Waals surface area contributed by atoms with Gasteiger partial charge in [-0.1, -0.05) is 0 Å². The molecular formula is C16H17FN2O4S. The van der Waals surface area contributed by atoms with Gasteiger partial charge in [0.25, 0.3) is 10.0 Å². The molecule has 0 unspecified atom stereocenters. The summed E-state index contributed by atoms with van der Waals surface area (Å²) in [6.07, 6.45) is 0.855. The predicted octanol–water partition coefficient (Wildman–Crippen LogP) is 2.60. The van der Waals surface area contributed by atoms with E-state index in [0.29, 0.717) is 18.2 Å². The highest BCUT2D eigenvalue weighted by molar-refractivity contribution is 7.92. The second-order valence-corrected chi connectivity index (χ2v) is 7.20. The Kier molecular flexibility index (Phi) is 4.31. The van der Waals surface area contributed by atoms with Crippen molar-refractivity contribution in [3.63, 3.8) is 0 Å². The van der Waals surface area contributed by atoms with Crippen molar-refractivity contribution in [1.29, 1.82) is 0 Å². The van der Waals surface area contributed by atoms with E-state index >= 15 is 0 Å². The molecule has 6 nitrogen and oxygen atoms in total. The van der Waals surface area contributed by atoms with E-state index in [0.717, 1.165) is 0 Å². The van der Waals surface area contributed by atoms with Crippen molar-refractivity contribution in [3.8, 4) is 11.6 Å². The van der Waals surface area contributed by atoms with Crippen molar-refractivity contribution in [3.05, 3.63) is 42.3 Å². The molecule has 0 radical (unpaired) electrons. The zero-order chi connectivity index (χ0) is 17.3. The molecule has 1 aliphatic heterocycles. The average Bonchev–Trinajstić information content (AvgIpc) is 2.54. The van der Waals surface area contributed by atoms with Gasteiger partial charge < -0.3 is 9.47 Å². The van der Waals surface area contributed by atoms with E-state index < -0.39 is 21.9 Å². The van der Waals surface area contributed by atoms with Gasteiger partial charge in [0.05, 0.1) is 25.0 Å². The molecule has 128 valence electrons. The van der Waals surface area contributed by atoms with Gasteiger partial charge in [-0.2, -0.15) is 0 Å². The maximum atomic E-state index is 13.4. The Morgan fingerprint density at radius 3 is 2.83 bits per heavy atom. The summed E-state index contributed by atoms with van der Waals surface area (Å²) in [5.41, 5.74) is 0.309. The highest BCUT2D eigenvalue weighted by Gasteiger charge is 2.33. The molecule has 0 N–H and O–H groups in total. The predicted molar refractivity (Wildman–Crippen MR) is 86.4 cm³/mol. The van der Waals surface area contributed by atoms with Gasteiger partial charge in [-0.25, -0.2) is 17.8 Å². The lowest BCUT2D eigenvalue weighted by Crippen LogP contribution is -2.42. The lowest BCUT2D eigenvalue weighted by Gasteiger charge is -2.34. The number of ether oxygens (including phenoxy) is 2. The molecule has 8 heteroatoms. The van der Waals surface area contributed by atoms with Crippen LogP contribution >= 0.6 is 0 Å². The minimum atomic E-state index is -3.84. The number of anilines is 1. The van der Waals surface area contributed by atoms with E-state index in [4.69, 9.17) is 9.47 Å². The number of hydrogen-bond acceptors (Lipinski definition) is 5. The van der Waals surface area contributed by atoms with Gasteiger partial charge in [-0.3, -0.25) is 4.31 Å². The fourth-order valence-electron chi connectivity index (χ4n) is 2.48. The van der Waals surface area contributed by atoms with Gasteiger partial charge in [0.15, 0.2) is 0 Å². The third-order valence-electron chi connectivity index (χ3n) is 3.53. The quantitative estimate of drug-likeness (QED) is 0.846. The Morgan fingerprint density at radius 2 is 2.17 bits per heavy atom. The van der Waals surface area contributed by atoms with Crippen LogP contribution in [0.5, 0.6) is 11.6 Å². The number of pyridine rings is 1. The van der Waals surface area contributed by atoms with Crippen molar-refractivity contribution in [2.24, 2.45) is 0 Å². The molecule has 1 aliphatic rings. The van der Waals surface area contributed by atoms with Crippen LogP contribution in [0.1, 0.15) is 13.8 Å². The third kappa shape index (κ3) is 3.01. The first-order valence-electron chi connectivity index (χ1n) is 7.49. The molecule has 0 bridgehead atoms. The van der Waals surface area contributed by atoms with Crippen molar-refractivity contribution in [1.82, 2.24) is 4.98 Å². The molecular weight excluding hydrogens is 335 g/mol. The molecule has 2 aromatic rings. The van der Waals surface area contributed by atoms with Gasteiger partial charge in [0, 0.05) is 12.1 Å². The first-order chi connectivity index (χ1) is 11.4. The van der Waals surface area contributed by atoms with Crippen LogP contribution in [0.15, 0.2) is 41.4 Å². The molecule has 0 saturated heterocycles. The molecule has 0 amide bonds. The second kappa shape index (κ2) is 6.27. The molecule has 0 spiro atoms. The minimum absolute atomic E-state index is 0.0373. The van der Waals surface area contributed by atoms with Crippen LogP contribution in [0.25, 0.3) is 0 Å². The lowest BCUT2D eigenvalue weighted by molar-refractivity contribution is 0.218. The number of halogens is 1. The monoisotopic (exact) mass is 352 g/mol. The van der Waals surface area contributed by atoms with Crippen molar-refractivity contribution < 1.29 is 22.3 Å². The number of aromatic nitrogens is 1. The first-order valence-corrected chi connectivity index (χ1v) is 8.93. The van der Waals surface area contributed by atoms with Crippen molar-refractivity contribution in [2.45, 2.75) is 24.8 Å². The normalized spacial score (nSPS) is 17.1. The van der Waals surface area contributed by atoms with E-state index in [9.17, 15) is 12.8 Å². The van der Waals surface area contributed by atoms with Crippen molar-refractivity contribution >= 4 is 15.7 Å². The molecule has 24 heavy (non-hydrogen) atoms. The van der Waals surface area contributed by atoms with Crippen LogP contribution in [-0.2, 0) is 10.0 Å². The van der Waals surface area contributed by atoms with E-state index in [-0.39, 0.29) is 17.2 Å². The maximum Gasteiger partial charge on any atom is 0.266 e. The number of nitrogens with zero attached hydrogens (tertiary/aromatic N) is 2. The fraction of sp³-hybridized carbons (Fsp3) is 0.312. The van der Waals surface area contributed by atoms with Crippen molar-refractivity contribution in [2.75, 3.05) is 17.5 Å². The molecule has 3 rings (SSSR count). The van der Waals surface area contributed by atoms with E-state index in [2.05, 4.69) is 4.98 Å². The summed E-state index contributed by atoms with van der Waals surface area (Å²) in [4.78, 5) is 4.04. The molecule has 1 aromatic heterocycles. The Hall–Kier alpha value is -2.35. The average molecular weight is 352 g/mol. The summed E-state index contributed by atoms with van der Waals surface area (Å²) in [6.45, 7) is 4.12. The number of fused-ring (bicyclic) bond motifs is 1. The number of sulfonamides is 1. The van der Waals surface area contributed by atoms with Gasteiger partial charge >= 0.3 is 0 Å². The maximum absolute atomic E-state index is 13.4. The SMILES string of the molecule is CCOc1ccc(S(=O)(=O)N2C[C@H](C)Oc3cc(F)ccc32)cn1. The summed E-state index contributed by atoms with van der Waals surface area (Å²) in [5.74, 6) is 0.0772. The Labute approximate surface area is 139 Å². The van der Waals surface area contributed by atoms with Gasteiger partial charge in [0.1, 0.15) is 22.6 Å². The van der Waals surface area contributed by atoms with Gasteiger partial charge in [-0.05, 0) is 32.0 Å². The first kappa shape index (κ1) is 16.5. The summed E-state index contributed by atoms with van der Waals surface area (Å²) in [5, 5.41) is 0. The summed E-state index contributed by atoms with van der Waals surface area (Å²) in [7, 11) is -3.84. The second-order valence-electron chi connectivity index (χ2n) is 5.34. The Balaban J connectivity index is 2.01. The highest BCUT2D eigenvalue weighted by Crippen LogP contribution is 2.37. The van der Waals surface area contributed by atoms with Crippen LogP contribution in [0.3, 0.4) is 0 Å². The lowest BCUT2D eigenvalue weighted by atomic mass is 10.2. The molecule has 0 fully saturated rings. The molecule has 1 aromatic carbocycles. The zero-order valence-corrected chi connectivity index (χ0v) is 14.1. The van der Waals surface area contributed by atoms with E-state index in [1.165, 1.54) is 40.8 Å². The molecule has 1 atom stereocenters. The summed E-state index contributed by atoms with van der Waals surface area (Å²) >= 11 is 0. The van der Waals surface area contributed by atoms with Crippen LogP contribution in [-0.4, -0.2) is 32.7 Å². The molecule has 0 saturated carbocycles. The Morgan fingerprint density at radius 1 is 1.38 bits per heavy atom. The van der Waals surface area contributed by atoms with Crippen LogP contribution in [0.2, 0.25) is 0 Å². The number of hydrogen-bond donors (Lipinski definition) is 0. The minimum Gasteiger partial charge on any atom is -0.487 e. The molecule has 2 heterocycles. The van der Waals surface area contributed by atoms with Crippen LogP contribution < -0.4 is 13.8 Å². The van der Waals surface area contributed by atoms with Crippen LogP contribution in [0, 0.1) is 5.82 Å². The third-order valence-corrected chi connectivity index (χ3v) is 5.29. The smallest absolute Gasteiger partial charge is 0.266 e.